The lowest BCUT2D eigenvalue weighted by atomic mass is 10.2. The average Bonchev–Trinajstić information content (AvgIpc) is 3.08. The number of aromatic nitrogens is 1. The largest absolute Gasteiger partial charge is 0.389 e. The van der Waals surface area contributed by atoms with E-state index in [0.717, 1.165) is 26.7 Å². The van der Waals surface area contributed by atoms with Gasteiger partial charge in [-0.15, -0.1) is 0 Å². The molecule has 1 saturated heterocycles. The molecule has 6 nitrogen and oxygen atoms in total. The second-order valence-corrected chi connectivity index (χ2v) is 5.96. The molecule has 0 unspecified atom stereocenters. The van der Waals surface area contributed by atoms with Crippen LogP contribution in [-0.4, -0.2) is 45.7 Å². The van der Waals surface area contributed by atoms with Crippen molar-refractivity contribution in [2.75, 3.05) is 13.1 Å². The zero-order chi connectivity index (χ0) is 16.7. The number of β-amino-alcohol motifs (C(OH)–C–C–N with tert-alkyl or cyclic N) is 1. The summed E-state index contributed by atoms with van der Waals surface area (Å²) >= 11 is 0. The van der Waals surface area contributed by atoms with Crippen molar-refractivity contribution in [3.8, 4) is 0 Å². The highest BCUT2D eigenvalue weighted by Gasteiger charge is 2.30. The van der Waals surface area contributed by atoms with E-state index >= 15 is 0 Å². The van der Waals surface area contributed by atoms with E-state index in [9.17, 15) is 14.7 Å². The molecule has 6 heteroatoms. The molecular weight excluding hydrogens is 306 g/mol. The van der Waals surface area contributed by atoms with E-state index in [4.69, 9.17) is 0 Å². The van der Waals surface area contributed by atoms with E-state index in [0.29, 0.717) is 6.54 Å². The summed E-state index contributed by atoms with van der Waals surface area (Å²) in [6.07, 6.45) is -0.836. The summed E-state index contributed by atoms with van der Waals surface area (Å²) in [6, 6.07) is 15.6. The fourth-order valence-electron chi connectivity index (χ4n) is 3.32. The number of aliphatic hydroxyl groups is 1. The van der Waals surface area contributed by atoms with Crippen molar-refractivity contribution in [2.45, 2.75) is 12.6 Å². The first-order valence-electron chi connectivity index (χ1n) is 7.87. The molecule has 2 N–H and O–H groups in total. The van der Waals surface area contributed by atoms with Crippen LogP contribution < -0.4 is 5.32 Å². The number of rotatable bonds is 4. The Bertz CT molecular complexity index is 878. The zero-order valence-electron chi connectivity index (χ0n) is 13.0. The van der Waals surface area contributed by atoms with E-state index in [1.54, 1.807) is 0 Å². The van der Waals surface area contributed by atoms with E-state index in [1.165, 1.54) is 0 Å². The smallest absolute Gasteiger partial charge is 0.324 e. The number of fused-ring (bicyclic) bond motifs is 3. The minimum atomic E-state index is -0.836. The molecule has 2 aromatic carbocycles. The fourth-order valence-corrected chi connectivity index (χ4v) is 3.32. The van der Waals surface area contributed by atoms with Crippen LogP contribution in [0.1, 0.15) is 0 Å². The first-order chi connectivity index (χ1) is 11.6. The normalized spacial score (nSPS) is 16.1. The molecule has 3 aromatic rings. The van der Waals surface area contributed by atoms with Crippen LogP contribution in [0.4, 0.5) is 4.79 Å². The third-order valence-corrected chi connectivity index (χ3v) is 4.40. The number of amides is 3. The quantitative estimate of drug-likeness (QED) is 0.718. The number of nitrogens with zero attached hydrogens (tertiary/aromatic N) is 2. The van der Waals surface area contributed by atoms with Gasteiger partial charge >= 0.3 is 6.03 Å². The Hall–Kier alpha value is -2.86. The molecule has 1 aliphatic heterocycles. The highest BCUT2D eigenvalue weighted by Crippen LogP contribution is 2.28. The molecule has 24 heavy (non-hydrogen) atoms. The monoisotopic (exact) mass is 323 g/mol. The van der Waals surface area contributed by atoms with Gasteiger partial charge in [-0.3, -0.25) is 9.69 Å². The second kappa shape index (κ2) is 5.65. The molecule has 3 amide bonds. The Morgan fingerprint density at radius 3 is 2.08 bits per heavy atom. The van der Waals surface area contributed by atoms with Gasteiger partial charge < -0.3 is 15.0 Å². The number of hydrogen-bond acceptors (Lipinski definition) is 3. The molecular formula is C18H17N3O3. The van der Waals surface area contributed by atoms with E-state index in [1.807, 2.05) is 41.0 Å². The van der Waals surface area contributed by atoms with E-state index < -0.39 is 12.1 Å². The average molecular weight is 323 g/mol. The lowest BCUT2D eigenvalue weighted by Crippen LogP contribution is -2.39. The lowest BCUT2D eigenvalue weighted by molar-refractivity contribution is -0.126. The SMILES string of the molecule is O=C1CNC(=O)N1C[C@H](O)Cn1c2ccccc2c2ccccc21. The van der Waals surface area contributed by atoms with Gasteiger partial charge in [0.2, 0.25) is 5.91 Å². The third-order valence-electron chi connectivity index (χ3n) is 4.40. The van der Waals surface area contributed by atoms with Crippen molar-refractivity contribution < 1.29 is 14.7 Å². The van der Waals surface area contributed by atoms with Gasteiger partial charge in [-0.05, 0) is 12.1 Å². The summed E-state index contributed by atoms with van der Waals surface area (Å²) in [5.74, 6) is -0.304. The van der Waals surface area contributed by atoms with Crippen LogP contribution in [0.25, 0.3) is 21.8 Å². The van der Waals surface area contributed by atoms with Crippen LogP contribution in [0, 0.1) is 0 Å². The molecule has 1 atom stereocenters. The zero-order valence-corrected chi connectivity index (χ0v) is 13.0. The Morgan fingerprint density at radius 2 is 1.54 bits per heavy atom. The molecule has 1 aromatic heterocycles. The molecule has 0 aliphatic carbocycles. The van der Waals surface area contributed by atoms with Crippen LogP contribution in [0.15, 0.2) is 48.5 Å². The van der Waals surface area contributed by atoms with Gasteiger partial charge in [0.1, 0.15) is 0 Å². The maximum atomic E-state index is 11.7. The van der Waals surface area contributed by atoms with Crippen LogP contribution in [-0.2, 0) is 11.3 Å². The molecule has 1 aliphatic rings. The number of nitrogens with one attached hydrogen (secondary N) is 1. The summed E-state index contributed by atoms with van der Waals surface area (Å²) in [5, 5.41) is 15.1. The van der Waals surface area contributed by atoms with Gasteiger partial charge in [-0.2, -0.15) is 0 Å². The van der Waals surface area contributed by atoms with Gasteiger partial charge in [0.05, 0.1) is 25.7 Å². The van der Waals surface area contributed by atoms with E-state index in [2.05, 4.69) is 17.4 Å². The van der Waals surface area contributed by atoms with Crippen LogP contribution in [0.5, 0.6) is 0 Å². The molecule has 2 heterocycles. The molecule has 0 spiro atoms. The number of benzene rings is 2. The topological polar surface area (TPSA) is 74.6 Å². The second-order valence-electron chi connectivity index (χ2n) is 5.96. The predicted molar refractivity (Wildman–Crippen MR) is 90.6 cm³/mol. The first kappa shape index (κ1) is 14.7. The number of carbonyl (C=O) groups excluding carboxylic acids is 2. The van der Waals surface area contributed by atoms with Gasteiger partial charge in [-0.1, -0.05) is 36.4 Å². The number of imide groups is 1. The lowest BCUT2D eigenvalue weighted by Gasteiger charge is -2.19. The summed E-state index contributed by atoms with van der Waals surface area (Å²) < 4.78 is 2.04. The standard InChI is InChI=1S/C18H17N3O3/c22-12(11-21-17(23)9-19-18(21)24)10-20-15-7-3-1-5-13(15)14-6-2-4-8-16(14)20/h1-8,12,22H,9-11H2,(H,19,24)/t12-/m1/s1. The van der Waals surface area contributed by atoms with Crippen molar-refractivity contribution in [1.82, 2.24) is 14.8 Å². The molecule has 0 bridgehead atoms. The van der Waals surface area contributed by atoms with Gasteiger partial charge in [0, 0.05) is 21.8 Å². The Balaban J connectivity index is 1.68. The van der Waals surface area contributed by atoms with Gasteiger partial charge in [0.15, 0.2) is 0 Å². The maximum Gasteiger partial charge on any atom is 0.324 e. The molecule has 0 saturated carbocycles. The van der Waals surface area contributed by atoms with Crippen LogP contribution >= 0.6 is 0 Å². The predicted octanol–water partition coefficient (Wildman–Crippen LogP) is 1.71. The molecule has 4 rings (SSSR count). The Labute approximate surface area is 138 Å². The Kier molecular flexibility index (Phi) is 3.46. The highest BCUT2D eigenvalue weighted by molar-refractivity contribution is 6.08. The van der Waals surface area contributed by atoms with Crippen LogP contribution in [0.2, 0.25) is 0 Å². The fraction of sp³-hybridized carbons (Fsp3) is 0.222. The summed E-state index contributed by atoms with van der Waals surface area (Å²) in [4.78, 5) is 24.4. The maximum absolute atomic E-state index is 11.7. The minimum absolute atomic E-state index is 0.000927. The molecule has 122 valence electrons. The van der Waals surface area contributed by atoms with Crippen molar-refractivity contribution in [2.24, 2.45) is 0 Å². The molecule has 0 radical (unpaired) electrons. The van der Waals surface area contributed by atoms with E-state index in [-0.39, 0.29) is 19.0 Å². The van der Waals surface area contributed by atoms with Crippen molar-refractivity contribution in [3.05, 3.63) is 48.5 Å². The summed E-state index contributed by atoms with van der Waals surface area (Å²) in [7, 11) is 0. The minimum Gasteiger partial charge on any atom is -0.389 e. The third kappa shape index (κ3) is 2.32. The first-order valence-corrected chi connectivity index (χ1v) is 7.87. The number of aliphatic hydroxyl groups excluding tert-OH is 1. The number of urea groups is 1. The van der Waals surface area contributed by atoms with Crippen molar-refractivity contribution >= 4 is 33.7 Å². The van der Waals surface area contributed by atoms with Crippen LogP contribution in [0.3, 0.4) is 0 Å². The van der Waals surface area contributed by atoms with Crippen molar-refractivity contribution in [3.63, 3.8) is 0 Å². The number of carbonyl (C=O) groups is 2. The summed E-state index contributed by atoms with van der Waals surface area (Å²) in [6.45, 7) is 0.303. The number of hydrogen-bond donors (Lipinski definition) is 2. The Morgan fingerprint density at radius 1 is 0.958 bits per heavy atom. The number of para-hydroxylation sites is 2. The van der Waals surface area contributed by atoms with Gasteiger partial charge in [-0.25, -0.2) is 4.79 Å². The van der Waals surface area contributed by atoms with Gasteiger partial charge in [0.25, 0.3) is 0 Å². The van der Waals surface area contributed by atoms with Crippen molar-refractivity contribution in [1.29, 1.82) is 0 Å². The highest BCUT2D eigenvalue weighted by atomic mass is 16.3. The summed E-state index contributed by atoms with van der Waals surface area (Å²) in [5.41, 5.74) is 2.05. The molecule has 1 fully saturated rings.